The van der Waals surface area contributed by atoms with Gasteiger partial charge >= 0.3 is 0 Å². The van der Waals surface area contributed by atoms with E-state index in [-0.39, 0.29) is 11.9 Å². The van der Waals surface area contributed by atoms with Gasteiger partial charge in [0.1, 0.15) is 0 Å². The summed E-state index contributed by atoms with van der Waals surface area (Å²) in [6.07, 6.45) is 3.70. The lowest BCUT2D eigenvalue weighted by Crippen LogP contribution is -2.37. The lowest BCUT2D eigenvalue weighted by molar-refractivity contribution is 0.0937. The Labute approximate surface area is 126 Å². The molecule has 2 fully saturated rings. The van der Waals surface area contributed by atoms with E-state index in [9.17, 15) is 4.79 Å². The van der Waals surface area contributed by atoms with Gasteiger partial charge < -0.3 is 5.32 Å². The zero-order valence-corrected chi connectivity index (χ0v) is 12.9. The molecule has 3 nitrogen and oxygen atoms in total. The fraction of sp³-hybridized carbons (Fsp3) is 0.500. The van der Waals surface area contributed by atoms with E-state index in [0.717, 1.165) is 30.0 Å². The molecule has 0 aromatic heterocycles. The van der Waals surface area contributed by atoms with Crippen LogP contribution in [0.1, 0.15) is 29.6 Å². The van der Waals surface area contributed by atoms with Gasteiger partial charge in [0, 0.05) is 35.2 Å². The van der Waals surface area contributed by atoms with Crippen LogP contribution in [-0.4, -0.2) is 36.0 Å². The number of hydrogen-bond acceptors (Lipinski definition) is 2. The number of carbonyl (C=O) groups is 1. The Kier molecular flexibility index (Phi) is 3.83. The SMILES string of the molecule is O=C(NC1CCN(C2CC2)C1)c1ccc(Cl)c(Br)c1. The van der Waals surface area contributed by atoms with Crippen molar-refractivity contribution < 1.29 is 4.79 Å². The van der Waals surface area contributed by atoms with Crippen molar-refractivity contribution in [3.8, 4) is 0 Å². The molecule has 0 radical (unpaired) electrons. The van der Waals surface area contributed by atoms with Crippen molar-refractivity contribution in [3.63, 3.8) is 0 Å². The number of hydrogen-bond donors (Lipinski definition) is 1. The van der Waals surface area contributed by atoms with Crippen LogP contribution < -0.4 is 5.32 Å². The number of benzene rings is 1. The molecule has 1 unspecified atom stereocenters. The second-order valence-corrected chi connectivity index (χ2v) is 6.58. The zero-order chi connectivity index (χ0) is 13.4. The zero-order valence-electron chi connectivity index (χ0n) is 10.5. The van der Waals surface area contributed by atoms with Gasteiger partial charge in [-0.2, -0.15) is 0 Å². The number of nitrogens with zero attached hydrogens (tertiary/aromatic N) is 1. The van der Waals surface area contributed by atoms with Gasteiger partial charge in [0.25, 0.3) is 5.91 Å². The Morgan fingerprint density at radius 2 is 2.16 bits per heavy atom. The molecular formula is C14H16BrClN2O. The maximum absolute atomic E-state index is 12.2. The molecule has 1 aliphatic heterocycles. The quantitative estimate of drug-likeness (QED) is 0.915. The topological polar surface area (TPSA) is 32.3 Å². The van der Waals surface area contributed by atoms with Crippen LogP contribution in [0.15, 0.2) is 22.7 Å². The highest BCUT2D eigenvalue weighted by molar-refractivity contribution is 9.10. The fourth-order valence-corrected chi connectivity index (χ4v) is 3.08. The molecular weight excluding hydrogens is 328 g/mol. The molecule has 1 N–H and O–H groups in total. The van der Waals surface area contributed by atoms with Gasteiger partial charge in [-0.1, -0.05) is 11.6 Å². The first kappa shape index (κ1) is 13.4. The number of rotatable bonds is 3. The predicted octanol–water partition coefficient (Wildman–Crippen LogP) is 3.07. The largest absolute Gasteiger partial charge is 0.348 e. The van der Waals surface area contributed by atoms with Crippen LogP contribution in [0.4, 0.5) is 0 Å². The molecule has 1 atom stereocenters. The highest BCUT2D eigenvalue weighted by Crippen LogP contribution is 2.30. The summed E-state index contributed by atoms with van der Waals surface area (Å²) in [4.78, 5) is 14.7. The number of amides is 1. The summed E-state index contributed by atoms with van der Waals surface area (Å²) in [6.45, 7) is 2.10. The van der Waals surface area contributed by atoms with Crippen molar-refractivity contribution >= 4 is 33.4 Å². The maximum Gasteiger partial charge on any atom is 0.251 e. The first-order chi connectivity index (χ1) is 9.13. The van der Waals surface area contributed by atoms with Crippen molar-refractivity contribution in [2.75, 3.05) is 13.1 Å². The standard InChI is InChI=1S/C14H16BrClN2O/c15-12-7-9(1-4-13(12)16)14(19)17-10-5-6-18(8-10)11-2-3-11/h1,4,7,10-11H,2-3,5-6,8H2,(H,17,19). The van der Waals surface area contributed by atoms with Crippen LogP contribution in [0.2, 0.25) is 5.02 Å². The van der Waals surface area contributed by atoms with E-state index < -0.39 is 0 Å². The van der Waals surface area contributed by atoms with E-state index in [1.54, 1.807) is 18.2 Å². The van der Waals surface area contributed by atoms with Gasteiger partial charge in [0.05, 0.1) is 5.02 Å². The van der Waals surface area contributed by atoms with Crippen LogP contribution in [-0.2, 0) is 0 Å². The van der Waals surface area contributed by atoms with Crippen molar-refractivity contribution in [2.24, 2.45) is 0 Å². The summed E-state index contributed by atoms with van der Waals surface area (Å²) in [5.41, 5.74) is 0.654. The molecule has 1 saturated carbocycles. The van der Waals surface area contributed by atoms with E-state index in [2.05, 4.69) is 26.1 Å². The van der Waals surface area contributed by atoms with Gasteiger partial charge in [-0.25, -0.2) is 0 Å². The molecule has 19 heavy (non-hydrogen) atoms. The number of carbonyl (C=O) groups excluding carboxylic acids is 1. The minimum atomic E-state index is -0.0139. The Hall–Kier alpha value is -0.580. The third-order valence-electron chi connectivity index (χ3n) is 3.80. The molecule has 1 aliphatic carbocycles. The minimum absolute atomic E-state index is 0.0139. The molecule has 3 rings (SSSR count). The molecule has 2 aliphatic rings. The predicted molar refractivity (Wildman–Crippen MR) is 79.6 cm³/mol. The Balaban J connectivity index is 1.60. The molecule has 5 heteroatoms. The summed E-state index contributed by atoms with van der Waals surface area (Å²) < 4.78 is 0.757. The number of halogens is 2. The average molecular weight is 344 g/mol. The van der Waals surface area contributed by atoms with E-state index in [1.165, 1.54) is 12.8 Å². The summed E-state index contributed by atoms with van der Waals surface area (Å²) in [7, 11) is 0. The first-order valence-corrected chi connectivity index (χ1v) is 7.80. The highest BCUT2D eigenvalue weighted by atomic mass is 79.9. The van der Waals surface area contributed by atoms with Gasteiger partial charge in [-0.05, 0) is 53.4 Å². The second kappa shape index (κ2) is 5.43. The number of nitrogens with one attached hydrogen (secondary N) is 1. The Bertz CT molecular complexity index is 504. The van der Waals surface area contributed by atoms with Crippen molar-refractivity contribution in [1.82, 2.24) is 10.2 Å². The van der Waals surface area contributed by atoms with Crippen LogP contribution >= 0.6 is 27.5 Å². The molecule has 0 spiro atoms. The third-order valence-corrected chi connectivity index (χ3v) is 5.01. The van der Waals surface area contributed by atoms with Gasteiger partial charge in [0.2, 0.25) is 0 Å². The third kappa shape index (κ3) is 3.12. The Morgan fingerprint density at radius 3 is 2.84 bits per heavy atom. The first-order valence-electron chi connectivity index (χ1n) is 6.63. The molecule has 0 bridgehead atoms. The van der Waals surface area contributed by atoms with Crippen molar-refractivity contribution in [1.29, 1.82) is 0 Å². The van der Waals surface area contributed by atoms with Gasteiger partial charge in [-0.3, -0.25) is 9.69 Å². The van der Waals surface area contributed by atoms with E-state index in [1.807, 2.05) is 0 Å². The van der Waals surface area contributed by atoms with Gasteiger partial charge in [-0.15, -0.1) is 0 Å². The normalized spacial score (nSPS) is 23.6. The Morgan fingerprint density at radius 1 is 1.37 bits per heavy atom. The van der Waals surface area contributed by atoms with E-state index in [0.29, 0.717) is 10.6 Å². The van der Waals surface area contributed by atoms with Crippen LogP contribution in [0, 0.1) is 0 Å². The summed E-state index contributed by atoms with van der Waals surface area (Å²) in [5.74, 6) is -0.0139. The average Bonchev–Trinajstić information content (AvgIpc) is 3.14. The molecule has 1 saturated heterocycles. The summed E-state index contributed by atoms with van der Waals surface area (Å²) >= 11 is 9.28. The molecule has 1 amide bonds. The van der Waals surface area contributed by atoms with Crippen LogP contribution in [0.3, 0.4) is 0 Å². The minimum Gasteiger partial charge on any atom is -0.348 e. The van der Waals surface area contributed by atoms with E-state index in [4.69, 9.17) is 11.6 Å². The molecule has 102 valence electrons. The lowest BCUT2D eigenvalue weighted by Gasteiger charge is -2.16. The van der Waals surface area contributed by atoms with Crippen LogP contribution in [0.25, 0.3) is 0 Å². The number of likely N-dealkylation sites (tertiary alicyclic amines) is 1. The monoisotopic (exact) mass is 342 g/mol. The fourth-order valence-electron chi connectivity index (χ4n) is 2.58. The summed E-state index contributed by atoms with van der Waals surface area (Å²) in [5, 5.41) is 3.73. The highest BCUT2D eigenvalue weighted by Gasteiger charge is 2.34. The van der Waals surface area contributed by atoms with Crippen molar-refractivity contribution in [3.05, 3.63) is 33.3 Å². The van der Waals surface area contributed by atoms with Crippen molar-refractivity contribution in [2.45, 2.75) is 31.3 Å². The second-order valence-electron chi connectivity index (χ2n) is 5.31. The molecule has 1 heterocycles. The van der Waals surface area contributed by atoms with Crippen LogP contribution in [0.5, 0.6) is 0 Å². The summed E-state index contributed by atoms with van der Waals surface area (Å²) in [6, 6.07) is 6.33. The van der Waals surface area contributed by atoms with Gasteiger partial charge in [0.15, 0.2) is 0 Å². The smallest absolute Gasteiger partial charge is 0.251 e. The molecule has 1 aromatic rings. The molecule has 1 aromatic carbocycles. The maximum atomic E-state index is 12.2. The van der Waals surface area contributed by atoms with E-state index >= 15 is 0 Å². The lowest BCUT2D eigenvalue weighted by atomic mass is 10.2.